The largest absolute Gasteiger partial charge is 0.463 e. The lowest BCUT2D eigenvalue weighted by molar-refractivity contribution is -0.122. The molecular formula is C21H22F2N6O2. The molecular weight excluding hydrogens is 406 g/mol. The van der Waals surface area contributed by atoms with Gasteiger partial charge in [-0.05, 0) is 45.0 Å². The molecule has 31 heavy (non-hydrogen) atoms. The average Bonchev–Trinajstić information content (AvgIpc) is 3.48. The van der Waals surface area contributed by atoms with E-state index in [4.69, 9.17) is 4.42 Å². The van der Waals surface area contributed by atoms with Crippen molar-refractivity contribution in [3.8, 4) is 11.5 Å². The van der Waals surface area contributed by atoms with E-state index in [1.165, 1.54) is 17.0 Å². The van der Waals surface area contributed by atoms with Gasteiger partial charge in [-0.15, -0.1) is 0 Å². The van der Waals surface area contributed by atoms with Gasteiger partial charge in [-0.3, -0.25) is 9.48 Å². The number of nitrogens with zero attached hydrogens (tertiary/aromatic N) is 5. The zero-order chi connectivity index (χ0) is 22.1. The molecule has 0 aliphatic carbocycles. The number of carbonyl (C=O) groups excluding carboxylic acids is 1. The summed E-state index contributed by atoms with van der Waals surface area (Å²) < 4.78 is 36.0. The molecule has 1 unspecified atom stereocenters. The van der Waals surface area contributed by atoms with Crippen LogP contribution in [0.4, 0.5) is 8.78 Å². The quantitative estimate of drug-likeness (QED) is 0.480. The van der Waals surface area contributed by atoms with Gasteiger partial charge in [-0.2, -0.15) is 10.2 Å². The van der Waals surface area contributed by atoms with Crippen LogP contribution in [0.1, 0.15) is 43.3 Å². The molecule has 1 N–H and O–H groups in total. The number of pyridine rings is 1. The maximum Gasteiger partial charge on any atom is 0.264 e. The summed E-state index contributed by atoms with van der Waals surface area (Å²) in [4.78, 5) is 17.1. The van der Waals surface area contributed by atoms with E-state index >= 15 is 0 Å². The van der Waals surface area contributed by atoms with E-state index < -0.39 is 6.43 Å². The first kappa shape index (κ1) is 20.7. The van der Waals surface area contributed by atoms with Gasteiger partial charge >= 0.3 is 0 Å². The molecule has 0 saturated heterocycles. The second kappa shape index (κ2) is 8.29. The first-order chi connectivity index (χ1) is 14.9. The highest BCUT2D eigenvalue weighted by Crippen LogP contribution is 2.33. The van der Waals surface area contributed by atoms with E-state index in [9.17, 15) is 13.6 Å². The molecule has 0 aliphatic heterocycles. The number of furan rings is 1. The summed E-state index contributed by atoms with van der Waals surface area (Å²) in [6.45, 7) is 5.99. The number of fused-ring (bicyclic) bond motifs is 1. The molecule has 10 heteroatoms. The number of hydrogen-bond acceptors (Lipinski definition) is 5. The third kappa shape index (κ3) is 4.05. The van der Waals surface area contributed by atoms with Crippen LogP contribution in [0.5, 0.6) is 0 Å². The third-order valence-corrected chi connectivity index (χ3v) is 5.02. The van der Waals surface area contributed by atoms with Crippen molar-refractivity contribution in [2.24, 2.45) is 0 Å². The van der Waals surface area contributed by atoms with Crippen molar-refractivity contribution in [2.75, 3.05) is 0 Å². The molecule has 0 aliphatic rings. The number of rotatable bonds is 7. The average molecular weight is 428 g/mol. The highest BCUT2D eigenvalue weighted by atomic mass is 19.3. The Morgan fingerprint density at radius 2 is 2.10 bits per heavy atom. The van der Waals surface area contributed by atoms with Crippen molar-refractivity contribution in [1.82, 2.24) is 29.9 Å². The molecule has 0 saturated carbocycles. The molecule has 0 aromatic carbocycles. The molecule has 4 aromatic rings. The first-order valence-electron chi connectivity index (χ1n) is 9.90. The normalized spacial score (nSPS) is 12.6. The number of hydrogen-bond donors (Lipinski definition) is 1. The zero-order valence-corrected chi connectivity index (χ0v) is 17.3. The molecule has 4 heterocycles. The van der Waals surface area contributed by atoms with Gasteiger partial charge in [0.2, 0.25) is 5.91 Å². The lowest BCUT2D eigenvalue weighted by Gasteiger charge is -2.12. The fourth-order valence-corrected chi connectivity index (χ4v) is 3.50. The van der Waals surface area contributed by atoms with Crippen molar-refractivity contribution in [3.05, 3.63) is 53.7 Å². The van der Waals surface area contributed by atoms with Crippen LogP contribution in [0.25, 0.3) is 22.5 Å². The van der Waals surface area contributed by atoms with E-state index in [-0.39, 0.29) is 40.8 Å². The molecule has 4 aromatic heterocycles. The second-order valence-corrected chi connectivity index (χ2v) is 7.20. The van der Waals surface area contributed by atoms with Crippen LogP contribution in [-0.4, -0.2) is 30.5 Å². The highest BCUT2D eigenvalue weighted by molar-refractivity contribution is 5.86. The summed E-state index contributed by atoms with van der Waals surface area (Å²) in [7, 11) is 0. The SMILES string of the molecule is CCn1ccc(C(C)NC(=O)Cn2nc(C)c3c(C(F)F)cc(-c4ccco4)nc32)n1. The molecule has 0 radical (unpaired) electrons. The number of aromatic nitrogens is 5. The first-order valence-corrected chi connectivity index (χ1v) is 9.90. The van der Waals surface area contributed by atoms with Crippen LogP contribution >= 0.6 is 0 Å². The van der Waals surface area contributed by atoms with Crippen LogP contribution in [0.3, 0.4) is 0 Å². The molecule has 4 rings (SSSR count). The predicted octanol–water partition coefficient (Wildman–Crippen LogP) is 4.03. The maximum atomic E-state index is 13.8. The number of nitrogens with one attached hydrogen (secondary N) is 1. The molecule has 0 bridgehead atoms. The Bertz CT molecular complexity index is 1210. The summed E-state index contributed by atoms with van der Waals surface area (Å²) in [6, 6.07) is 6.12. The van der Waals surface area contributed by atoms with Gasteiger partial charge in [0, 0.05) is 18.3 Å². The van der Waals surface area contributed by atoms with E-state index in [1.807, 2.05) is 26.1 Å². The van der Waals surface area contributed by atoms with E-state index in [2.05, 4.69) is 20.5 Å². The molecule has 0 spiro atoms. The lowest BCUT2D eigenvalue weighted by Crippen LogP contribution is -2.30. The Labute approximate surface area is 176 Å². The van der Waals surface area contributed by atoms with Gasteiger partial charge in [-0.25, -0.2) is 18.4 Å². The summed E-state index contributed by atoms with van der Waals surface area (Å²) in [5.41, 5.74) is 1.38. The smallest absolute Gasteiger partial charge is 0.264 e. The fraction of sp³-hybridized carbons (Fsp3) is 0.333. The van der Waals surface area contributed by atoms with Gasteiger partial charge in [0.1, 0.15) is 12.2 Å². The predicted molar refractivity (Wildman–Crippen MR) is 109 cm³/mol. The summed E-state index contributed by atoms with van der Waals surface area (Å²) in [6.07, 6.45) is 0.563. The number of amides is 1. The van der Waals surface area contributed by atoms with Crippen molar-refractivity contribution < 1.29 is 18.0 Å². The molecule has 162 valence electrons. The fourth-order valence-electron chi connectivity index (χ4n) is 3.50. The van der Waals surface area contributed by atoms with Crippen LogP contribution < -0.4 is 5.32 Å². The monoisotopic (exact) mass is 428 g/mol. The Morgan fingerprint density at radius 3 is 2.74 bits per heavy atom. The van der Waals surface area contributed by atoms with E-state index in [1.54, 1.807) is 23.7 Å². The second-order valence-electron chi connectivity index (χ2n) is 7.20. The number of halogens is 2. The van der Waals surface area contributed by atoms with Crippen LogP contribution in [0, 0.1) is 6.92 Å². The van der Waals surface area contributed by atoms with E-state index in [0.717, 1.165) is 12.2 Å². The van der Waals surface area contributed by atoms with Crippen LogP contribution in [0.15, 0.2) is 41.1 Å². The van der Waals surface area contributed by atoms with Gasteiger partial charge in [-0.1, -0.05) is 0 Å². The Balaban J connectivity index is 1.65. The van der Waals surface area contributed by atoms with Gasteiger partial charge < -0.3 is 9.73 Å². The Morgan fingerprint density at radius 1 is 1.29 bits per heavy atom. The third-order valence-electron chi connectivity index (χ3n) is 5.02. The highest BCUT2D eigenvalue weighted by Gasteiger charge is 2.23. The summed E-state index contributed by atoms with van der Waals surface area (Å²) >= 11 is 0. The number of carbonyl (C=O) groups is 1. The minimum Gasteiger partial charge on any atom is -0.463 e. The maximum absolute atomic E-state index is 13.8. The molecule has 1 atom stereocenters. The zero-order valence-electron chi connectivity index (χ0n) is 17.3. The Kier molecular flexibility index (Phi) is 5.53. The minimum absolute atomic E-state index is 0.166. The molecule has 8 nitrogen and oxygen atoms in total. The Hall–Kier alpha value is -3.56. The van der Waals surface area contributed by atoms with Gasteiger partial charge in [0.05, 0.1) is 29.1 Å². The number of alkyl halides is 2. The lowest BCUT2D eigenvalue weighted by atomic mass is 10.1. The van der Waals surface area contributed by atoms with Crippen LogP contribution in [-0.2, 0) is 17.9 Å². The summed E-state index contributed by atoms with van der Waals surface area (Å²) in [5, 5.41) is 11.8. The number of aryl methyl sites for hydroxylation is 2. The van der Waals surface area contributed by atoms with Crippen molar-refractivity contribution >= 4 is 16.9 Å². The van der Waals surface area contributed by atoms with E-state index in [0.29, 0.717) is 11.5 Å². The van der Waals surface area contributed by atoms with Crippen molar-refractivity contribution in [1.29, 1.82) is 0 Å². The van der Waals surface area contributed by atoms with Gasteiger partial charge in [0.25, 0.3) is 6.43 Å². The minimum atomic E-state index is -2.72. The van der Waals surface area contributed by atoms with Crippen LogP contribution in [0.2, 0.25) is 0 Å². The molecule has 0 fully saturated rings. The van der Waals surface area contributed by atoms with Gasteiger partial charge in [0.15, 0.2) is 11.4 Å². The standard InChI is InChI=1S/C21H22F2N6O2/c1-4-28-8-7-15(27-28)12(2)24-18(30)11-29-21-19(13(3)26-29)14(20(22)23)10-16(25-21)17-6-5-9-31-17/h5-10,12,20H,4,11H2,1-3H3,(H,24,30). The topological polar surface area (TPSA) is 90.8 Å². The van der Waals surface area contributed by atoms with Crippen molar-refractivity contribution in [3.63, 3.8) is 0 Å². The summed E-state index contributed by atoms with van der Waals surface area (Å²) in [5.74, 6) is 0.0329. The molecule has 1 amide bonds. The van der Waals surface area contributed by atoms with Crippen molar-refractivity contribution in [2.45, 2.75) is 46.3 Å².